The highest BCUT2D eigenvalue weighted by atomic mass is 16.4. The Kier molecular flexibility index (Phi) is 6.85. The Morgan fingerprint density at radius 3 is 2.36 bits per heavy atom. The number of aliphatic hydroxyl groups is 1. The van der Waals surface area contributed by atoms with Crippen molar-refractivity contribution in [1.82, 2.24) is 10.6 Å². The van der Waals surface area contributed by atoms with Crippen molar-refractivity contribution in [3.05, 3.63) is 35.9 Å². The largest absolute Gasteiger partial charge is 0.481 e. The summed E-state index contributed by atoms with van der Waals surface area (Å²) in [5, 5.41) is 23.4. The second-order valence-corrected chi connectivity index (χ2v) is 5.89. The zero-order valence-electron chi connectivity index (χ0n) is 13.0. The molecule has 1 aromatic carbocycles. The van der Waals surface area contributed by atoms with Crippen LogP contribution in [0.1, 0.15) is 31.7 Å². The third kappa shape index (κ3) is 5.73. The summed E-state index contributed by atoms with van der Waals surface area (Å²) in [7, 11) is 0. The molecule has 0 aliphatic heterocycles. The zero-order chi connectivity index (χ0) is 16.6. The van der Waals surface area contributed by atoms with E-state index in [9.17, 15) is 14.7 Å². The van der Waals surface area contributed by atoms with Gasteiger partial charge in [-0.15, -0.1) is 0 Å². The molecule has 0 saturated carbocycles. The Hall–Kier alpha value is -2.08. The molecule has 122 valence electrons. The van der Waals surface area contributed by atoms with Gasteiger partial charge in [-0.1, -0.05) is 44.2 Å². The van der Waals surface area contributed by atoms with Crippen molar-refractivity contribution in [2.45, 2.75) is 26.2 Å². The normalized spacial score (nSPS) is 12.5. The molecule has 0 radical (unpaired) electrons. The minimum absolute atomic E-state index is 0.00509. The molecule has 1 atom stereocenters. The lowest BCUT2D eigenvalue weighted by Gasteiger charge is -2.33. The molecule has 0 aliphatic carbocycles. The van der Waals surface area contributed by atoms with E-state index in [0.29, 0.717) is 6.54 Å². The number of carboxylic acids is 1. The predicted molar refractivity (Wildman–Crippen MR) is 83.7 cm³/mol. The molecule has 0 aromatic heterocycles. The second kappa shape index (κ2) is 8.38. The fourth-order valence-corrected chi connectivity index (χ4v) is 2.18. The molecule has 6 nitrogen and oxygen atoms in total. The minimum atomic E-state index is -0.955. The van der Waals surface area contributed by atoms with Gasteiger partial charge in [0.2, 0.25) is 0 Å². The topological polar surface area (TPSA) is 98.7 Å². The highest BCUT2D eigenvalue weighted by Gasteiger charge is 2.30. The standard InChI is InChI=1S/C16H24N2O4/c1-16(2,11-19)13(12-6-4-3-5-7-12)10-18-15(22)17-9-8-14(20)21/h3-7,13,19H,8-11H2,1-2H3,(H,20,21)(H2,17,18,22). The summed E-state index contributed by atoms with van der Waals surface area (Å²) in [6.45, 7) is 4.31. The lowest BCUT2D eigenvalue weighted by molar-refractivity contribution is -0.136. The molecule has 0 saturated heterocycles. The summed E-state index contributed by atoms with van der Waals surface area (Å²) in [6.07, 6.45) is -0.113. The van der Waals surface area contributed by atoms with Crippen molar-refractivity contribution in [1.29, 1.82) is 0 Å². The van der Waals surface area contributed by atoms with E-state index in [2.05, 4.69) is 10.6 Å². The molecular formula is C16H24N2O4. The summed E-state index contributed by atoms with van der Waals surface area (Å²) < 4.78 is 0. The van der Waals surface area contributed by atoms with Gasteiger partial charge in [0.15, 0.2) is 0 Å². The number of aliphatic carboxylic acids is 1. The number of urea groups is 1. The first-order chi connectivity index (χ1) is 10.4. The number of benzene rings is 1. The summed E-state index contributed by atoms with van der Waals surface area (Å²) >= 11 is 0. The fraction of sp³-hybridized carbons (Fsp3) is 0.500. The molecule has 0 bridgehead atoms. The molecule has 0 fully saturated rings. The van der Waals surface area contributed by atoms with Crippen LogP contribution in [0, 0.1) is 5.41 Å². The third-order valence-electron chi connectivity index (χ3n) is 3.64. The minimum Gasteiger partial charge on any atom is -0.481 e. The van der Waals surface area contributed by atoms with E-state index in [1.54, 1.807) is 0 Å². The van der Waals surface area contributed by atoms with Crippen LogP contribution < -0.4 is 10.6 Å². The highest BCUT2D eigenvalue weighted by molar-refractivity contribution is 5.75. The van der Waals surface area contributed by atoms with Gasteiger partial charge < -0.3 is 20.8 Å². The molecule has 22 heavy (non-hydrogen) atoms. The van der Waals surface area contributed by atoms with Crippen LogP contribution >= 0.6 is 0 Å². The fourth-order valence-electron chi connectivity index (χ4n) is 2.18. The number of aliphatic hydroxyl groups excluding tert-OH is 1. The Morgan fingerprint density at radius 2 is 1.82 bits per heavy atom. The van der Waals surface area contributed by atoms with Crippen molar-refractivity contribution in [2.24, 2.45) is 5.41 Å². The molecule has 1 aromatic rings. The Labute approximate surface area is 130 Å². The average Bonchev–Trinajstić information content (AvgIpc) is 2.48. The number of amides is 2. The van der Waals surface area contributed by atoms with Crippen LogP contribution in [0.3, 0.4) is 0 Å². The van der Waals surface area contributed by atoms with Gasteiger partial charge in [0.05, 0.1) is 6.42 Å². The van der Waals surface area contributed by atoms with E-state index in [1.165, 1.54) is 0 Å². The van der Waals surface area contributed by atoms with Crippen molar-refractivity contribution in [3.8, 4) is 0 Å². The van der Waals surface area contributed by atoms with Gasteiger partial charge in [0, 0.05) is 25.6 Å². The van der Waals surface area contributed by atoms with Crippen LogP contribution in [0.25, 0.3) is 0 Å². The average molecular weight is 308 g/mol. The van der Waals surface area contributed by atoms with E-state index < -0.39 is 17.4 Å². The number of carbonyl (C=O) groups is 2. The van der Waals surface area contributed by atoms with E-state index in [0.717, 1.165) is 5.56 Å². The number of nitrogens with one attached hydrogen (secondary N) is 2. The van der Waals surface area contributed by atoms with E-state index in [4.69, 9.17) is 5.11 Å². The maximum Gasteiger partial charge on any atom is 0.314 e. The lowest BCUT2D eigenvalue weighted by atomic mass is 9.75. The maximum atomic E-state index is 11.7. The summed E-state index contributed by atoms with van der Waals surface area (Å²) in [6, 6.07) is 9.28. The highest BCUT2D eigenvalue weighted by Crippen LogP contribution is 2.34. The lowest BCUT2D eigenvalue weighted by Crippen LogP contribution is -2.42. The maximum absolute atomic E-state index is 11.7. The molecule has 0 spiro atoms. The molecule has 0 aliphatic rings. The predicted octanol–water partition coefficient (Wildman–Crippen LogP) is 1.56. The number of hydrogen-bond donors (Lipinski definition) is 4. The smallest absolute Gasteiger partial charge is 0.314 e. The molecule has 6 heteroatoms. The molecular weight excluding hydrogens is 284 g/mol. The second-order valence-electron chi connectivity index (χ2n) is 5.89. The van der Waals surface area contributed by atoms with E-state index in [-0.39, 0.29) is 25.5 Å². The molecule has 4 N–H and O–H groups in total. The van der Waals surface area contributed by atoms with Gasteiger partial charge >= 0.3 is 12.0 Å². The Bertz CT molecular complexity index is 488. The monoisotopic (exact) mass is 308 g/mol. The van der Waals surface area contributed by atoms with Crippen LogP contribution in [-0.4, -0.2) is 41.9 Å². The van der Waals surface area contributed by atoms with Gasteiger partial charge in [-0.25, -0.2) is 4.79 Å². The van der Waals surface area contributed by atoms with Crippen molar-refractivity contribution in [3.63, 3.8) is 0 Å². The van der Waals surface area contributed by atoms with Crippen molar-refractivity contribution < 1.29 is 19.8 Å². The van der Waals surface area contributed by atoms with Crippen LogP contribution in [0.15, 0.2) is 30.3 Å². The van der Waals surface area contributed by atoms with Gasteiger partial charge in [-0.3, -0.25) is 4.79 Å². The molecule has 1 rings (SSSR count). The van der Waals surface area contributed by atoms with Crippen molar-refractivity contribution in [2.75, 3.05) is 19.7 Å². The first kappa shape index (κ1) is 18.0. The van der Waals surface area contributed by atoms with Crippen LogP contribution in [0.4, 0.5) is 4.79 Å². The number of rotatable bonds is 8. The van der Waals surface area contributed by atoms with Gasteiger partial charge in [0.1, 0.15) is 0 Å². The summed E-state index contributed by atoms with van der Waals surface area (Å²) in [5.74, 6) is -1.01. The number of carboxylic acid groups (broad SMARTS) is 1. The number of hydrogen-bond acceptors (Lipinski definition) is 3. The quantitative estimate of drug-likeness (QED) is 0.586. The van der Waals surface area contributed by atoms with Crippen LogP contribution in [0.5, 0.6) is 0 Å². The SMILES string of the molecule is CC(C)(CO)C(CNC(=O)NCCC(=O)O)c1ccccc1. The van der Waals surface area contributed by atoms with Gasteiger partial charge in [0.25, 0.3) is 0 Å². The van der Waals surface area contributed by atoms with E-state index >= 15 is 0 Å². The molecule has 1 unspecified atom stereocenters. The summed E-state index contributed by atoms with van der Waals surface area (Å²) in [4.78, 5) is 22.1. The van der Waals surface area contributed by atoms with E-state index in [1.807, 2.05) is 44.2 Å². The molecule has 2 amide bonds. The number of carbonyl (C=O) groups excluding carboxylic acids is 1. The molecule has 0 heterocycles. The van der Waals surface area contributed by atoms with Gasteiger partial charge in [-0.05, 0) is 11.0 Å². The zero-order valence-corrected chi connectivity index (χ0v) is 13.0. The first-order valence-electron chi connectivity index (χ1n) is 7.26. The van der Waals surface area contributed by atoms with Gasteiger partial charge in [-0.2, -0.15) is 0 Å². The third-order valence-corrected chi connectivity index (χ3v) is 3.64. The summed E-state index contributed by atoms with van der Waals surface area (Å²) in [5.41, 5.74) is 0.641. The Morgan fingerprint density at radius 1 is 1.18 bits per heavy atom. The van der Waals surface area contributed by atoms with Crippen LogP contribution in [0.2, 0.25) is 0 Å². The Balaban J connectivity index is 2.63. The van der Waals surface area contributed by atoms with Crippen LogP contribution in [-0.2, 0) is 4.79 Å². The van der Waals surface area contributed by atoms with Crippen molar-refractivity contribution >= 4 is 12.0 Å². The first-order valence-corrected chi connectivity index (χ1v) is 7.26.